The van der Waals surface area contributed by atoms with E-state index in [1.807, 2.05) is 11.0 Å². The zero-order valence-electron chi connectivity index (χ0n) is 15.0. The Morgan fingerprint density at radius 2 is 2.16 bits per heavy atom. The lowest BCUT2D eigenvalue weighted by molar-refractivity contribution is -0.0232. The lowest BCUT2D eigenvalue weighted by Gasteiger charge is -2.41. The minimum Gasteiger partial charge on any atom is -0.463 e. The fourth-order valence-electron chi connectivity index (χ4n) is 4.23. The number of amides is 1. The first-order valence-electron chi connectivity index (χ1n) is 9.28. The van der Waals surface area contributed by atoms with Crippen LogP contribution in [-0.2, 0) is 11.2 Å². The maximum atomic E-state index is 13.3. The summed E-state index contributed by atoms with van der Waals surface area (Å²) in [5.74, 6) is 0.0700. The van der Waals surface area contributed by atoms with Crippen molar-refractivity contribution in [3.05, 3.63) is 35.6 Å². The number of ether oxygens (including phenoxy) is 1. The molecule has 0 N–H and O–H groups in total. The Labute approximate surface area is 148 Å². The Morgan fingerprint density at radius 1 is 1.28 bits per heavy atom. The van der Waals surface area contributed by atoms with Crippen LogP contribution in [0.25, 0.3) is 11.0 Å². The van der Waals surface area contributed by atoms with Crippen LogP contribution in [0, 0.1) is 0 Å². The molecule has 1 aromatic carbocycles. The monoisotopic (exact) mass is 342 g/mol. The quantitative estimate of drug-likeness (QED) is 0.860. The standard InChI is InChI=1S/C20H26N2O3/c1-3-14-6-7-19-15(11-14)16(12-25-19)20(23)22-9-10-24-13-18(22)17-5-4-8-21(17)2/h6-7,11-12,17-18H,3-5,8-10,13H2,1-2H3/t17-,18-/m1/s1. The molecular weight excluding hydrogens is 316 g/mol. The first-order chi connectivity index (χ1) is 12.2. The average Bonchev–Trinajstić information content (AvgIpc) is 3.26. The third-order valence-corrected chi connectivity index (χ3v) is 5.72. The third kappa shape index (κ3) is 2.96. The van der Waals surface area contributed by atoms with Crippen molar-refractivity contribution >= 4 is 16.9 Å². The van der Waals surface area contributed by atoms with E-state index < -0.39 is 0 Å². The van der Waals surface area contributed by atoms with Crippen molar-refractivity contribution in [3.8, 4) is 0 Å². The van der Waals surface area contributed by atoms with Crippen LogP contribution in [0.15, 0.2) is 28.9 Å². The Balaban J connectivity index is 1.66. The van der Waals surface area contributed by atoms with Gasteiger partial charge in [-0.2, -0.15) is 0 Å². The number of furan rings is 1. The lowest BCUT2D eigenvalue weighted by atomic mass is 10.0. The van der Waals surface area contributed by atoms with Gasteiger partial charge in [0.15, 0.2) is 0 Å². The van der Waals surface area contributed by atoms with Gasteiger partial charge in [0.1, 0.15) is 11.8 Å². The molecule has 5 nitrogen and oxygen atoms in total. The highest BCUT2D eigenvalue weighted by atomic mass is 16.5. The number of fused-ring (bicyclic) bond motifs is 1. The second-order valence-electron chi connectivity index (χ2n) is 7.16. The summed E-state index contributed by atoms with van der Waals surface area (Å²) >= 11 is 0. The van der Waals surface area contributed by atoms with E-state index >= 15 is 0 Å². The number of hydrogen-bond donors (Lipinski definition) is 0. The lowest BCUT2D eigenvalue weighted by Crippen LogP contribution is -2.56. The summed E-state index contributed by atoms with van der Waals surface area (Å²) in [6, 6.07) is 6.61. The van der Waals surface area contributed by atoms with Crippen LogP contribution in [0.3, 0.4) is 0 Å². The second kappa shape index (κ2) is 6.81. The molecule has 2 aromatic rings. The maximum Gasteiger partial charge on any atom is 0.258 e. The highest BCUT2D eigenvalue weighted by Crippen LogP contribution is 2.28. The molecule has 2 fully saturated rings. The Morgan fingerprint density at radius 3 is 2.92 bits per heavy atom. The summed E-state index contributed by atoms with van der Waals surface area (Å²) in [7, 11) is 2.15. The number of likely N-dealkylation sites (tertiary alicyclic amines) is 1. The van der Waals surface area contributed by atoms with Crippen LogP contribution in [-0.4, -0.2) is 61.1 Å². The first-order valence-corrected chi connectivity index (χ1v) is 9.28. The molecule has 5 heteroatoms. The molecule has 25 heavy (non-hydrogen) atoms. The van der Waals surface area contributed by atoms with Crippen molar-refractivity contribution in [2.24, 2.45) is 0 Å². The van der Waals surface area contributed by atoms with Gasteiger partial charge in [-0.3, -0.25) is 4.79 Å². The molecule has 2 atom stereocenters. The van der Waals surface area contributed by atoms with E-state index in [0.717, 1.165) is 30.4 Å². The Bertz CT molecular complexity index is 769. The molecule has 1 amide bonds. The van der Waals surface area contributed by atoms with Gasteiger partial charge in [0, 0.05) is 18.0 Å². The molecule has 2 aliphatic heterocycles. The van der Waals surface area contributed by atoms with Gasteiger partial charge in [-0.05, 0) is 50.6 Å². The largest absolute Gasteiger partial charge is 0.463 e. The molecule has 4 rings (SSSR count). The second-order valence-corrected chi connectivity index (χ2v) is 7.16. The van der Waals surface area contributed by atoms with Crippen molar-refractivity contribution in [1.29, 1.82) is 0 Å². The minimum absolute atomic E-state index is 0.0700. The van der Waals surface area contributed by atoms with E-state index in [4.69, 9.17) is 9.15 Å². The number of benzene rings is 1. The fourth-order valence-corrected chi connectivity index (χ4v) is 4.23. The van der Waals surface area contributed by atoms with Crippen LogP contribution < -0.4 is 0 Å². The van der Waals surface area contributed by atoms with Gasteiger partial charge in [-0.15, -0.1) is 0 Å². The molecular formula is C20H26N2O3. The number of morpholine rings is 1. The van der Waals surface area contributed by atoms with E-state index in [1.165, 1.54) is 12.0 Å². The molecule has 0 bridgehead atoms. The number of rotatable bonds is 3. The van der Waals surface area contributed by atoms with Gasteiger partial charge >= 0.3 is 0 Å². The van der Waals surface area contributed by atoms with E-state index in [1.54, 1.807) is 6.26 Å². The van der Waals surface area contributed by atoms with Crippen LogP contribution in [0.1, 0.15) is 35.7 Å². The van der Waals surface area contributed by atoms with E-state index in [2.05, 4.69) is 31.0 Å². The summed E-state index contributed by atoms with van der Waals surface area (Å²) in [6.45, 7) is 5.09. The van der Waals surface area contributed by atoms with Gasteiger partial charge in [0.25, 0.3) is 5.91 Å². The van der Waals surface area contributed by atoms with Crippen LogP contribution in [0.5, 0.6) is 0 Å². The predicted molar refractivity (Wildman–Crippen MR) is 96.9 cm³/mol. The summed E-state index contributed by atoms with van der Waals surface area (Å²) in [4.78, 5) is 17.7. The molecule has 0 unspecified atom stereocenters. The molecule has 2 aliphatic rings. The SMILES string of the molecule is CCc1ccc2occ(C(=O)N3CCOC[C@@H]3[C@H]3CCCN3C)c2c1. The average molecular weight is 342 g/mol. The number of hydrogen-bond acceptors (Lipinski definition) is 4. The summed E-state index contributed by atoms with van der Waals surface area (Å²) in [5.41, 5.74) is 2.68. The van der Waals surface area contributed by atoms with Gasteiger partial charge in [0.2, 0.25) is 0 Å². The summed E-state index contributed by atoms with van der Waals surface area (Å²) in [5, 5.41) is 0.925. The van der Waals surface area contributed by atoms with Gasteiger partial charge < -0.3 is 19.0 Å². The van der Waals surface area contributed by atoms with Crippen molar-refractivity contribution < 1.29 is 13.9 Å². The van der Waals surface area contributed by atoms with Crippen molar-refractivity contribution in [3.63, 3.8) is 0 Å². The fraction of sp³-hybridized carbons (Fsp3) is 0.550. The minimum atomic E-state index is 0.0700. The maximum absolute atomic E-state index is 13.3. The van der Waals surface area contributed by atoms with Gasteiger partial charge in [0.05, 0.1) is 24.8 Å². The smallest absolute Gasteiger partial charge is 0.258 e. The van der Waals surface area contributed by atoms with Crippen molar-refractivity contribution in [2.75, 3.05) is 33.4 Å². The van der Waals surface area contributed by atoms with Crippen LogP contribution in [0.2, 0.25) is 0 Å². The molecule has 0 radical (unpaired) electrons. The summed E-state index contributed by atoms with van der Waals surface area (Å²) < 4.78 is 11.4. The van der Waals surface area contributed by atoms with Crippen LogP contribution >= 0.6 is 0 Å². The normalized spacial score (nSPS) is 25.0. The highest BCUT2D eigenvalue weighted by molar-refractivity contribution is 6.06. The van der Waals surface area contributed by atoms with Gasteiger partial charge in [-0.1, -0.05) is 13.0 Å². The number of carbonyl (C=O) groups is 1. The Hall–Kier alpha value is -1.85. The number of likely N-dealkylation sites (N-methyl/N-ethyl adjacent to an activating group) is 1. The van der Waals surface area contributed by atoms with E-state index in [0.29, 0.717) is 31.4 Å². The molecule has 1 aromatic heterocycles. The number of carbonyl (C=O) groups excluding carboxylic acids is 1. The summed E-state index contributed by atoms with van der Waals surface area (Å²) in [6.07, 6.45) is 4.88. The zero-order valence-corrected chi connectivity index (χ0v) is 15.0. The number of nitrogens with zero attached hydrogens (tertiary/aromatic N) is 2. The first kappa shape index (κ1) is 16.6. The van der Waals surface area contributed by atoms with Crippen molar-refractivity contribution in [2.45, 2.75) is 38.3 Å². The Kier molecular flexibility index (Phi) is 4.52. The molecule has 0 aliphatic carbocycles. The highest BCUT2D eigenvalue weighted by Gasteiger charge is 2.38. The third-order valence-electron chi connectivity index (χ3n) is 5.72. The molecule has 2 saturated heterocycles. The molecule has 134 valence electrons. The zero-order chi connectivity index (χ0) is 17.4. The topological polar surface area (TPSA) is 45.9 Å². The van der Waals surface area contributed by atoms with Crippen molar-refractivity contribution in [1.82, 2.24) is 9.80 Å². The van der Waals surface area contributed by atoms with Gasteiger partial charge in [-0.25, -0.2) is 0 Å². The predicted octanol–water partition coefficient (Wildman–Crippen LogP) is 2.93. The number of aryl methyl sites for hydroxylation is 1. The molecule has 3 heterocycles. The molecule has 0 spiro atoms. The van der Waals surface area contributed by atoms with E-state index in [-0.39, 0.29) is 11.9 Å². The van der Waals surface area contributed by atoms with Crippen LogP contribution in [0.4, 0.5) is 0 Å². The van der Waals surface area contributed by atoms with E-state index in [9.17, 15) is 4.79 Å². The molecule has 0 saturated carbocycles.